The molecule has 2 N–H and O–H groups in total. The molecule has 0 unspecified atom stereocenters. The van der Waals surface area contributed by atoms with Crippen LogP contribution in [-0.2, 0) is 4.74 Å². The van der Waals surface area contributed by atoms with Crippen molar-refractivity contribution in [3.63, 3.8) is 0 Å². The molecule has 1 amide bonds. The smallest absolute Gasteiger partial charge is 0.410 e. The highest BCUT2D eigenvalue weighted by molar-refractivity contribution is 5.68. The van der Waals surface area contributed by atoms with Crippen molar-refractivity contribution in [3.8, 4) is 11.9 Å². The first kappa shape index (κ1) is 26.0. The van der Waals surface area contributed by atoms with Crippen molar-refractivity contribution >= 4 is 23.3 Å². The number of amides is 1. The third-order valence-electron chi connectivity index (χ3n) is 5.35. The number of nitrogens with zero attached hydrogens (tertiary/aromatic N) is 5. The summed E-state index contributed by atoms with van der Waals surface area (Å²) in [5, 5.41) is 15.8. The van der Waals surface area contributed by atoms with Gasteiger partial charge < -0.3 is 29.9 Å². The molecule has 1 aromatic carbocycles. The number of nitriles is 1. The van der Waals surface area contributed by atoms with Gasteiger partial charge in [0.15, 0.2) is 11.4 Å². The summed E-state index contributed by atoms with van der Waals surface area (Å²) in [6.07, 6.45) is 1.66. The number of benzene rings is 1. The molecule has 2 heterocycles. The van der Waals surface area contributed by atoms with Gasteiger partial charge in [0.2, 0.25) is 5.88 Å². The Morgan fingerprint density at radius 2 is 2.06 bits per heavy atom. The Morgan fingerprint density at radius 3 is 2.69 bits per heavy atom. The average molecular weight is 486 g/mol. The standard InChI is InChI=1S/C24H32FN7O3/c1-16(2)34-24(33)32-10-7-18(8-11-32)35-23-19(14-26)22(28-15-29-23)30-21-6-5-17(13-20(21)25)27-9-12-31(3)4/h5-6,13,15-16,18,27H,7-12H2,1-4H3,(H,28,29,30). The molecule has 0 spiro atoms. The van der Waals surface area contributed by atoms with E-state index in [2.05, 4.69) is 26.7 Å². The van der Waals surface area contributed by atoms with E-state index in [1.807, 2.05) is 32.8 Å². The number of piperidine rings is 1. The maximum absolute atomic E-state index is 14.7. The molecule has 0 bridgehead atoms. The van der Waals surface area contributed by atoms with Gasteiger partial charge in [-0.1, -0.05) is 0 Å². The van der Waals surface area contributed by atoms with Gasteiger partial charge in [-0.15, -0.1) is 0 Å². The molecule has 0 radical (unpaired) electrons. The molecule has 1 saturated heterocycles. The molecule has 1 aliphatic rings. The zero-order valence-corrected chi connectivity index (χ0v) is 20.5. The molecular formula is C24H32FN7O3. The number of carbonyl (C=O) groups excluding carboxylic acids is 1. The Hall–Kier alpha value is -3.65. The zero-order valence-electron chi connectivity index (χ0n) is 20.5. The van der Waals surface area contributed by atoms with Crippen molar-refractivity contribution < 1.29 is 18.7 Å². The highest BCUT2D eigenvalue weighted by Crippen LogP contribution is 2.28. The van der Waals surface area contributed by atoms with Gasteiger partial charge in [0.25, 0.3) is 0 Å². The van der Waals surface area contributed by atoms with Crippen LogP contribution in [0.1, 0.15) is 32.3 Å². The lowest BCUT2D eigenvalue weighted by Crippen LogP contribution is -2.42. The van der Waals surface area contributed by atoms with Gasteiger partial charge >= 0.3 is 6.09 Å². The van der Waals surface area contributed by atoms with Crippen molar-refractivity contribution in [1.29, 1.82) is 5.26 Å². The minimum Gasteiger partial charge on any atom is -0.473 e. The molecule has 1 aliphatic heterocycles. The lowest BCUT2D eigenvalue weighted by molar-refractivity contribution is 0.0506. The maximum Gasteiger partial charge on any atom is 0.410 e. The minimum absolute atomic E-state index is 0.0849. The van der Waals surface area contributed by atoms with E-state index in [1.54, 1.807) is 17.0 Å². The SMILES string of the molecule is CC(C)OC(=O)N1CCC(Oc2ncnc(Nc3ccc(NCCN(C)C)cc3F)c2C#N)CC1. The van der Waals surface area contributed by atoms with E-state index in [-0.39, 0.29) is 41.2 Å². The number of halogens is 1. The first-order chi connectivity index (χ1) is 16.8. The van der Waals surface area contributed by atoms with Crippen LogP contribution in [0.5, 0.6) is 5.88 Å². The third kappa shape index (κ3) is 7.42. The van der Waals surface area contributed by atoms with Crippen molar-refractivity contribution in [2.24, 2.45) is 0 Å². The summed E-state index contributed by atoms with van der Waals surface area (Å²) in [6.45, 7) is 6.08. The largest absolute Gasteiger partial charge is 0.473 e. The molecule has 0 saturated carbocycles. The second-order valence-corrected chi connectivity index (χ2v) is 8.80. The predicted octanol–water partition coefficient (Wildman–Crippen LogP) is 3.59. The summed E-state index contributed by atoms with van der Waals surface area (Å²) in [7, 11) is 3.93. The first-order valence-corrected chi connectivity index (χ1v) is 11.6. The van der Waals surface area contributed by atoms with Gasteiger partial charge in [-0.3, -0.25) is 0 Å². The van der Waals surface area contributed by atoms with Gasteiger partial charge in [-0.25, -0.2) is 19.2 Å². The molecule has 3 rings (SSSR count). The number of ether oxygens (including phenoxy) is 2. The van der Waals surface area contributed by atoms with E-state index < -0.39 is 5.82 Å². The molecule has 10 nitrogen and oxygen atoms in total. The van der Waals surface area contributed by atoms with Crippen LogP contribution in [0.3, 0.4) is 0 Å². The number of aromatic nitrogens is 2. The Bertz CT molecular complexity index is 1050. The third-order valence-corrected chi connectivity index (χ3v) is 5.35. The quantitative estimate of drug-likeness (QED) is 0.550. The lowest BCUT2D eigenvalue weighted by Gasteiger charge is -2.31. The van der Waals surface area contributed by atoms with Crippen molar-refractivity contribution in [3.05, 3.63) is 35.9 Å². The van der Waals surface area contributed by atoms with Crippen LogP contribution in [0.2, 0.25) is 0 Å². The summed E-state index contributed by atoms with van der Waals surface area (Å²) >= 11 is 0. The van der Waals surface area contributed by atoms with Crippen LogP contribution in [0, 0.1) is 17.1 Å². The molecular weight excluding hydrogens is 453 g/mol. The number of hydrogen-bond acceptors (Lipinski definition) is 9. The molecule has 35 heavy (non-hydrogen) atoms. The fraction of sp³-hybridized carbons (Fsp3) is 0.500. The fourth-order valence-corrected chi connectivity index (χ4v) is 3.52. The summed E-state index contributed by atoms with van der Waals surface area (Å²) in [6, 6.07) is 6.79. The second kappa shape index (κ2) is 12.2. The van der Waals surface area contributed by atoms with Gasteiger partial charge in [-0.05, 0) is 46.1 Å². The Kier molecular flexibility index (Phi) is 9.03. The number of likely N-dealkylation sites (tertiary alicyclic amines) is 1. The number of likely N-dealkylation sites (N-methyl/N-ethyl adjacent to an activating group) is 1. The summed E-state index contributed by atoms with van der Waals surface area (Å²) in [5.41, 5.74) is 0.925. The highest BCUT2D eigenvalue weighted by Gasteiger charge is 2.27. The second-order valence-electron chi connectivity index (χ2n) is 8.80. The Labute approximate surface area is 205 Å². The number of nitrogens with one attached hydrogen (secondary N) is 2. The van der Waals surface area contributed by atoms with Crippen molar-refractivity contribution in [1.82, 2.24) is 19.8 Å². The van der Waals surface area contributed by atoms with Gasteiger partial charge in [-0.2, -0.15) is 5.26 Å². The summed E-state index contributed by atoms with van der Waals surface area (Å²) in [4.78, 5) is 24.0. The number of carbonyl (C=O) groups is 1. The molecule has 11 heteroatoms. The van der Waals surface area contributed by atoms with Crippen molar-refractivity contribution in [2.75, 3.05) is 50.9 Å². The van der Waals surface area contributed by atoms with Crippen LogP contribution in [0.25, 0.3) is 0 Å². The molecule has 0 atom stereocenters. The van der Waals surface area contributed by atoms with Crippen LogP contribution < -0.4 is 15.4 Å². The van der Waals surface area contributed by atoms with E-state index in [0.717, 1.165) is 6.54 Å². The summed E-state index contributed by atoms with van der Waals surface area (Å²) < 4.78 is 25.9. The molecule has 2 aromatic rings. The van der Waals surface area contributed by atoms with Crippen LogP contribution in [-0.4, -0.2) is 78.3 Å². The normalized spacial score (nSPS) is 14.1. The molecule has 0 aliphatic carbocycles. The lowest BCUT2D eigenvalue weighted by atomic mass is 10.1. The van der Waals surface area contributed by atoms with E-state index >= 15 is 0 Å². The van der Waals surface area contributed by atoms with Crippen LogP contribution in [0.4, 0.5) is 26.4 Å². The average Bonchev–Trinajstić information content (AvgIpc) is 2.81. The van der Waals surface area contributed by atoms with E-state index in [1.165, 1.54) is 12.4 Å². The number of anilines is 3. The zero-order chi connectivity index (χ0) is 25.4. The monoisotopic (exact) mass is 485 g/mol. The Morgan fingerprint density at radius 1 is 1.31 bits per heavy atom. The fourth-order valence-electron chi connectivity index (χ4n) is 3.52. The Balaban J connectivity index is 1.64. The van der Waals surface area contributed by atoms with Gasteiger partial charge in [0.05, 0.1) is 11.8 Å². The van der Waals surface area contributed by atoms with E-state index in [9.17, 15) is 14.4 Å². The van der Waals surface area contributed by atoms with Crippen molar-refractivity contribution in [2.45, 2.75) is 38.9 Å². The van der Waals surface area contributed by atoms with E-state index in [0.29, 0.717) is 38.2 Å². The molecule has 1 fully saturated rings. The highest BCUT2D eigenvalue weighted by atomic mass is 19.1. The van der Waals surface area contributed by atoms with E-state index in [4.69, 9.17) is 9.47 Å². The summed E-state index contributed by atoms with van der Waals surface area (Å²) in [5.74, 6) is -0.205. The topological polar surface area (TPSA) is 116 Å². The first-order valence-electron chi connectivity index (χ1n) is 11.6. The predicted molar refractivity (Wildman–Crippen MR) is 130 cm³/mol. The van der Waals surface area contributed by atoms with Crippen LogP contribution in [0.15, 0.2) is 24.5 Å². The van der Waals surface area contributed by atoms with Crippen LogP contribution >= 0.6 is 0 Å². The van der Waals surface area contributed by atoms with Gasteiger partial charge in [0.1, 0.15) is 24.3 Å². The number of rotatable bonds is 9. The maximum atomic E-state index is 14.7. The molecule has 188 valence electrons. The minimum atomic E-state index is -0.481. The van der Waals surface area contributed by atoms with Gasteiger partial charge in [0, 0.05) is 44.7 Å². The molecule has 1 aromatic heterocycles. The number of hydrogen-bond donors (Lipinski definition) is 2.